The van der Waals surface area contributed by atoms with Crippen LogP contribution in [0.1, 0.15) is 18.4 Å². The quantitative estimate of drug-likeness (QED) is 0.336. The molecule has 0 spiro atoms. The number of nitrogens with zero attached hydrogens (tertiary/aromatic N) is 1. The van der Waals surface area contributed by atoms with E-state index < -0.39 is 24.1 Å². The lowest BCUT2D eigenvalue weighted by molar-refractivity contribution is -0.286. The summed E-state index contributed by atoms with van der Waals surface area (Å²) in [7, 11) is 1.59. The van der Waals surface area contributed by atoms with Crippen molar-refractivity contribution in [1.82, 2.24) is 4.90 Å². The van der Waals surface area contributed by atoms with Gasteiger partial charge in [0.1, 0.15) is 11.3 Å². The zero-order valence-corrected chi connectivity index (χ0v) is 20.4. The molecule has 2 aromatic carbocycles. The second-order valence-electron chi connectivity index (χ2n) is 8.79. The van der Waals surface area contributed by atoms with Crippen LogP contribution in [0.15, 0.2) is 51.7 Å². The number of alkyl halides is 5. The first-order valence-electron chi connectivity index (χ1n) is 11.6. The average Bonchev–Trinajstić information content (AvgIpc) is 3.18. The van der Waals surface area contributed by atoms with E-state index in [4.69, 9.17) is 19.1 Å². The molecule has 0 atom stereocenters. The maximum Gasteiger partial charge on any atom is 0.586 e. The third-order valence-corrected chi connectivity index (χ3v) is 6.01. The molecule has 1 fully saturated rings. The summed E-state index contributed by atoms with van der Waals surface area (Å²) in [5.74, 6) is -1.95. The van der Waals surface area contributed by atoms with E-state index >= 15 is 0 Å². The summed E-state index contributed by atoms with van der Waals surface area (Å²) in [4.78, 5) is 23.1. The number of carbonyl (C=O) groups is 1. The Kier molecular flexibility index (Phi) is 7.86. The lowest BCUT2D eigenvalue weighted by Crippen LogP contribution is -2.38. The van der Waals surface area contributed by atoms with Crippen molar-refractivity contribution in [3.8, 4) is 17.2 Å². The summed E-state index contributed by atoms with van der Waals surface area (Å²) < 4.78 is 77.8. The van der Waals surface area contributed by atoms with Gasteiger partial charge in [-0.3, -0.25) is 4.90 Å². The number of methoxy groups -OCH3 is 1. The van der Waals surface area contributed by atoms with Crippen LogP contribution in [0.2, 0.25) is 0 Å². The Morgan fingerprint density at radius 3 is 2.41 bits per heavy atom. The van der Waals surface area contributed by atoms with E-state index in [9.17, 15) is 26.7 Å². The van der Waals surface area contributed by atoms with Crippen molar-refractivity contribution in [2.75, 3.05) is 25.5 Å². The maximum atomic E-state index is 13.2. The van der Waals surface area contributed by atoms with Crippen molar-refractivity contribution in [3.05, 3.63) is 58.4 Å². The lowest BCUT2D eigenvalue weighted by Gasteiger charge is -2.33. The highest BCUT2D eigenvalue weighted by Gasteiger charge is 2.43. The summed E-state index contributed by atoms with van der Waals surface area (Å²) in [6.07, 6.45) is -6.95. The number of halogens is 5. The first kappa shape index (κ1) is 28.0. The smallest absolute Gasteiger partial charge is 0.497 e. The summed E-state index contributed by atoms with van der Waals surface area (Å²) in [6, 6.07) is 11.9. The number of carboxylic acid groups (broad SMARTS) is 1. The number of carboxylic acids is 1. The molecule has 1 saturated heterocycles. The molecular formula is C25H23F5N2O7. The van der Waals surface area contributed by atoms with Gasteiger partial charge in [-0.2, -0.15) is 13.2 Å². The predicted molar refractivity (Wildman–Crippen MR) is 127 cm³/mol. The van der Waals surface area contributed by atoms with E-state index in [-0.39, 0.29) is 17.5 Å². The minimum atomic E-state index is -5.08. The summed E-state index contributed by atoms with van der Waals surface area (Å²) in [6.45, 7) is 2.28. The van der Waals surface area contributed by atoms with Crippen molar-refractivity contribution in [3.63, 3.8) is 0 Å². The highest BCUT2D eigenvalue weighted by atomic mass is 19.4. The van der Waals surface area contributed by atoms with Gasteiger partial charge in [0.05, 0.1) is 12.8 Å². The van der Waals surface area contributed by atoms with Crippen LogP contribution in [0.4, 0.5) is 27.6 Å². The zero-order valence-electron chi connectivity index (χ0n) is 20.4. The van der Waals surface area contributed by atoms with E-state index in [1.807, 2.05) is 6.07 Å². The second-order valence-corrected chi connectivity index (χ2v) is 8.79. The van der Waals surface area contributed by atoms with Crippen LogP contribution >= 0.6 is 0 Å². The van der Waals surface area contributed by atoms with Crippen LogP contribution in [0, 0.1) is 0 Å². The van der Waals surface area contributed by atoms with Gasteiger partial charge in [-0.1, -0.05) is 6.07 Å². The van der Waals surface area contributed by atoms with Gasteiger partial charge in [0.2, 0.25) is 0 Å². The van der Waals surface area contributed by atoms with Crippen molar-refractivity contribution in [2.45, 2.75) is 37.9 Å². The molecule has 1 aromatic heterocycles. The van der Waals surface area contributed by atoms with Gasteiger partial charge < -0.3 is 29.1 Å². The van der Waals surface area contributed by atoms with Gasteiger partial charge in [-0.05, 0) is 48.7 Å². The third kappa shape index (κ3) is 7.07. The Balaban J connectivity index is 0.000000448. The molecule has 3 heterocycles. The molecular weight excluding hydrogens is 535 g/mol. The van der Waals surface area contributed by atoms with Crippen LogP contribution in [0.3, 0.4) is 0 Å². The number of piperidine rings is 1. The number of likely N-dealkylation sites (tertiary alicyclic amines) is 1. The molecule has 2 N–H and O–H groups in total. The van der Waals surface area contributed by atoms with E-state index in [1.165, 1.54) is 12.1 Å². The molecule has 0 radical (unpaired) electrons. The van der Waals surface area contributed by atoms with Crippen LogP contribution in [0.5, 0.6) is 17.2 Å². The number of nitrogens with one attached hydrogen (secondary N) is 1. The molecule has 0 amide bonds. The van der Waals surface area contributed by atoms with Gasteiger partial charge in [-0.25, -0.2) is 9.59 Å². The number of benzene rings is 2. The SMILES string of the molecule is COc1ccc2oc(=O)cc(NC3CCN(Cc4ccc5c(c4)OC(F)(F)O5)CC3)c2c1.O=C(O)C(F)(F)F. The summed E-state index contributed by atoms with van der Waals surface area (Å²) in [5.41, 5.74) is 1.71. The molecule has 5 rings (SSSR count). The van der Waals surface area contributed by atoms with Gasteiger partial charge in [0, 0.05) is 37.1 Å². The molecule has 0 aliphatic carbocycles. The first-order valence-corrected chi connectivity index (χ1v) is 11.6. The number of rotatable bonds is 5. The molecule has 3 aromatic rings. The predicted octanol–water partition coefficient (Wildman–Crippen LogP) is 4.83. The molecule has 39 heavy (non-hydrogen) atoms. The number of fused-ring (bicyclic) bond motifs is 2. The maximum absolute atomic E-state index is 13.2. The van der Waals surface area contributed by atoms with Gasteiger partial charge in [0.25, 0.3) is 0 Å². The van der Waals surface area contributed by atoms with Crippen LogP contribution in [0.25, 0.3) is 11.0 Å². The molecule has 0 bridgehead atoms. The molecule has 0 unspecified atom stereocenters. The summed E-state index contributed by atoms with van der Waals surface area (Å²) in [5, 5.41) is 11.4. The highest BCUT2D eigenvalue weighted by molar-refractivity contribution is 5.90. The molecule has 2 aliphatic rings. The summed E-state index contributed by atoms with van der Waals surface area (Å²) >= 11 is 0. The molecule has 0 saturated carbocycles. The van der Waals surface area contributed by atoms with Crippen molar-refractivity contribution < 1.29 is 50.5 Å². The van der Waals surface area contributed by atoms with Crippen LogP contribution in [-0.4, -0.2) is 54.7 Å². The molecule has 2 aliphatic heterocycles. The monoisotopic (exact) mass is 558 g/mol. The average molecular weight is 558 g/mol. The number of aliphatic carboxylic acids is 1. The lowest BCUT2D eigenvalue weighted by atomic mass is 10.0. The minimum absolute atomic E-state index is 0.0536. The Morgan fingerprint density at radius 1 is 1.10 bits per heavy atom. The van der Waals surface area contributed by atoms with E-state index in [0.29, 0.717) is 17.9 Å². The van der Waals surface area contributed by atoms with Gasteiger partial charge >= 0.3 is 24.1 Å². The van der Waals surface area contributed by atoms with Crippen molar-refractivity contribution >= 4 is 22.6 Å². The Labute approximate surface area is 217 Å². The normalized spacial score (nSPS) is 16.9. The molecule has 210 valence electrons. The zero-order chi connectivity index (χ0) is 28.4. The number of hydrogen-bond acceptors (Lipinski definition) is 8. The van der Waals surface area contributed by atoms with Crippen LogP contribution in [-0.2, 0) is 11.3 Å². The van der Waals surface area contributed by atoms with Crippen molar-refractivity contribution in [2.24, 2.45) is 0 Å². The number of anilines is 1. The third-order valence-electron chi connectivity index (χ3n) is 6.01. The minimum Gasteiger partial charge on any atom is -0.497 e. The fourth-order valence-electron chi connectivity index (χ4n) is 4.19. The fourth-order valence-corrected chi connectivity index (χ4v) is 4.19. The Bertz CT molecular complexity index is 1400. The number of hydrogen-bond donors (Lipinski definition) is 2. The molecule has 9 nitrogen and oxygen atoms in total. The van der Waals surface area contributed by atoms with E-state index in [0.717, 1.165) is 42.6 Å². The van der Waals surface area contributed by atoms with E-state index in [1.54, 1.807) is 31.4 Å². The van der Waals surface area contributed by atoms with Gasteiger partial charge in [-0.15, -0.1) is 8.78 Å². The second kappa shape index (κ2) is 11.0. The van der Waals surface area contributed by atoms with E-state index in [2.05, 4.69) is 19.7 Å². The number of ether oxygens (including phenoxy) is 3. The topological polar surface area (TPSA) is 110 Å². The Morgan fingerprint density at radius 2 is 1.77 bits per heavy atom. The highest BCUT2D eigenvalue weighted by Crippen LogP contribution is 2.41. The fraction of sp³-hybridized carbons (Fsp3) is 0.360. The largest absolute Gasteiger partial charge is 0.586 e. The van der Waals surface area contributed by atoms with Crippen LogP contribution < -0.4 is 25.2 Å². The first-order chi connectivity index (χ1) is 18.3. The van der Waals surface area contributed by atoms with Crippen molar-refractivity contribution in [1.29, 1.82) is 0 Å². The molecule has 14 heteroatoms. The Hall–Kier alpha value is -4.07. The standard InChI is InChI=1S/C23H22F2N2O5.C2HF3O2/c1-29-16-3-5-19-17(11-16)18(12-22(28)30-19)26-15-6-8-27(9-7-15)13-14-2-4-20-21(10-14)32-23(24,25)31-20;3-2(4,5)1(6)7/h2-5,10-12,15,26H,6-9,13H2,1H3;(H,6,7). The van der Waals surface area contributed by atoms with Gasteiger partial charge in [0.15, 0.2) is 11.5 Å².